The third-order valence-corrected chi connectivity index (χ3v) is 6.75. The van der Waals surface area contributed by atoms with Crippen LogP contribution in [0, 0.1) is 17.1 Å². The van der Waals surface area contributed by atoms with Crippen molar-refractivity contribution in [3.63, 3.8) is 0 Å². The van der Waals surface area contributed by atoms with E-state index in [1.807, 2.05) is 29.3 Å². The molecule has 2 aromatic carbocycles. The first-order valence-electron chi connectivity index (χ1n) is 10.4. The molecule has 0 bridgehead atoms. The van der Waals surface area contributed by atoms with E-state index >= 15 is 0 Å². The van der Waals surface area contributed by atoms with Crippen LogP contribution >= 0.6 is 0 Å². The fourth-order valence-electron chi connectivity index (χ4n) is 4.97. The number of pyridine rings is 1. The van der Waals surface area contributed by atoms with Gasteiger partial charge in [-0.1, -0.05) is 12.1 Å². The Bertz CT molecular complexity index is 1160. The van der Waals surface area contributed by atoms with Gasteiger partial charge < -0.3 is 4.90 Å². The van der Waals surface area contributed by atoms with Crippen LogP contribution in [-0.4, -0.2) is 27.9 Å². The van der Waals surface area contributed by atoms with Crippen molar-refractivity contribution in [2.75, 3.05) is 6.54 Å². The number of aromatic nitrogens is 1. The summed E-state index contributed by atoms with van der Waals surface area (Å²) in [5.74, 6) is 0.305. The van der Waals surface area contributed by atoms with Crippen LogP contribution in [0.2, 0.25) is 0 Å². The third kappa shape index (κ3) is 3.33. The van der Waals surface area contributed by atoms with Crippen LogP contribution in [0.1, 0.15) is 48.3 Å². The number of halogens is 1. The number of rotatable bonds is 3. The predicted octanol–water partition coefficient (Wildman–Crippen LogP) is 4.73. The lowest BCUT2D eigenvalue weighted by Gasteiger charge is -2.30. The molecule has 1 aromatic heterocycles. The number of nitriles is 1. The summed E-state index contributed by atoms with van der Waals surface area (Å²) in [6.45, 7) is 0.834. The molecule has 1 saturated carbocycles. The monoisotopic (exact) mass is 399 g/mol. The molecule has 4 nitrogen and oxygen atoms in total. The highest BCUT2D eigenvalue weighted by atomic mass is 19.1. The van der Waals surface area contributed by atoms with Gasteiger partial charge in [0.2, 0.25) is 5.91 Å². The van der Waals surface area contributed by atoms with E-state index in [9.17, 15) is 9.18 Å². The second-order valence-corrected chi connectivity index (χ2v) is 8.53. The number of benzene rings is 2. The van der Waals surface area contributed by atoms with Gasteiger partial charge in [0.05, 0.1) is 29.1 Å². The predicted molar refractivity (Wildman–Crippen MR) is 112 cm³/mol. The molecular formula is C25H22FN3O. The summed E-state index contributed by atoms with van der Waals surface area (Å²) in [6, 6.07) is 16.1. The average Bonchev–Trinajstić information content (AvgIpc) is 3.48. The van der Waals surface area contributed by atoms with Crippen molar-refractivity contribution in [2.24, 2.45) is 0 Å². The normalized spacial score (nSPS) is 22.8. The lowest BCUT2D eigenvalue weighted by Crippen LogP contribution is -2.29. The minimum absolute atomic E-state index is 0.00820. The second kappa shape index (κ2) is 7.21. The quantitative estimate of drug-likeness (QED) is 0.599. The molecule has 1 aliphatic heterocycles. The Hall–Kier alpha value is -3.26. The van der Waals surface area contributed by atoms with Gasteiger partial charge in [0.1, 0.15) is 5.82 Å². The number of amides is 1. The average molecular weight is 399 g/mol. The zero-order valence-corrected chi connectivity index (χ0v) is 16.6. The van der Waals surface area contributed by atoms with Gasteiger partial charge in [-0.2, -0.15) is 5.26 Å². The molecular weight excluding hydrogens is 377 g/mol. The van der Waals surface area contributed by atoms with E-state index in [2.05, 4.69) is 11.1 Å². The van der Waals surface area contributed by atoms with Crippen molar-refractivity contribution in [1.29, 1.82) is 5.26 Å². The first kappa shape index (κ1) is 18.7. The Balaban J connectivity index is 1.25. The Morgan fingerprint density at radius 1 is 1.17 bits per heavy atom. The van der Waals surface area contributed by atoms with E-state index < -0.39 is 0 Å². The number of hydrogen-bond donors (Lipinski definition) is 0. The van der Waals surface area contributed by atoms with Gasteiger partial charge in [0.15, 0.2) is 0 Å². The van der Waals surface area contributed by atoms with E-state index in [0.29, 0.717) is 17.9 Å². The molecule has 2 fully saturated rings. The zero-order chi connectivity index (χ0) is 20.7. The first-order chi connectivity index (χ1) is 14.6. The van der Waals surface area contributed by atoms with E-state index in [1.165, 1.54) is 11.6 Å². The fraction of sp³-hybridized carbons (Fsp3) is 0.320. The minimum Gasteiger partial charge on any atom is -0.333 e. The number of nitrogens with zero attached hydrogens (tertiary/aromatic N) is 3. The van der Waals surface area contributed by atoms with Crippen molar-refractivity contribution in [3.8, 4) is 6.07 Å². The van der Waals surface area contributed by atoms with Crippen LogP contribution in [-0.2, 0) is 11.2 Å². The van der Waals surface area contributed by atoms with Crippen molar-refractivity contribution in [3.05, 3.63) is 77.2 Å². The molecule has 1 aliphatic carbocycles. The van der Waals surface area contributed by atoms with Crippen molar-refractivity contribution < 1.29 is 9.18 Å². The minimum atomic E-state index is -0.231. The van der Waals surface area contributed by atoms with Gasteiger partial charge in [0.25, 0.3) is 0 Å². The van der Waals surface area contributed by atoms with E-state index in [-0.39, 0.29) is 17.3 Å². The van der Waals surface area contributed by atoms with Crippen LogP contribution in [0.25, 0.3) is 10.9 Å². The maximum absolute atomic E-state index is 13.8. The highest BCUT2D eigenvalue weighted by Crippen LogP contribution is 2.50. The molecule has 1 amide bonds. The molecule has 150 valence electrons. The second-order valence-electron chi connectivity index (χ2n) is 8.53. The van der Waals surface area contributed by atoms with Gasteiger partial charge in [0, 0.05) is 18.1 Å². The van der Waals surface area contributed by atoms with Gasteiger partial charge >= 0.3 is 0 Å². The Morgan fingerprint density at radius 3 is 2.67 bits per heavy atom. The Labute approximate surface area is 175 Å². The molecule has 5 rings (SSSR count). The number of carbonyl (C=O) groups is 1. The van der Waals surface area contributed by atoms with Gasteiger partial charge in [-0.3, -0.25) is 9.78 Å². The lowest BCUT2D eigenvalue weighted by atomic mass is 9.77. The summed E-state index contributed by atoms with van der Waals surface area (Å²) in [5, 5.41) is 9.81. The molecule has 2 heterocycles. The highest BCUT2D eigenvalue weighted by Gasteiger charge is 2.55. The maximum atomic E-state index is 13.8. The fourth-order valence-corrected chi connectivity index (χ4v) is 4.97. The smallest absolute Gasteiger partial charge is 0.227 e. The van der Waals surface area contributed by atoms with E-state index in [0.717, 1.165) is 48.7 Å². The molecule has 1 saturated heterocycles. The largest absolute Gasteiger partial charge is 0.333 e. The van der Waals surface area contributed by atoms with Crippen LogP contribution < -0.4 is 0 Å². The highest BCUT2D eigenvalue weighted by molar-refractivity contribution is 5.83. The first-order valence-corrected chi connectivity index (χ1v) is 10.4. The maximum Gasteiger partial charge on any atom is 0.227 e. The van der Waals surface area contributed by atoms with Gasteiger partial charge in [-0.05, 0) is 79.1 Å². The van der Waals surface area contributed by atoms with Crippen LogP contribution in [0.5, 0.6) is 0 Å². The lowest BCUT2D eigenvalue weighted by molar-refractivity contribution is -0.126. The summed E-state index contributed by atoms with van der Waals surface area (Å²) in [5.41, 5.74) is 3.57. The summed E-state index contributed by atoms with van der Waals surface area (Å²) in [6.07, 6.45) is 6.15. The van der Waals surface area contributed by atoms with Crippen molar-refractivity contribution in [1.82, 2.24) is 9.88 Å². The summed E-state index contributed by atoms with van der Waals surface area (Å²) in [7, 11) is 0. The van der Waals surface area contributed by atoms with Crippen LogP contribution in [0.15, 0.2) is 54.7 Å². The van der Waals surface area contributed by atoms with Gasteiger partial charge in [-0.25, -0.2) is 4.39 Å². The summed E-state index contributed by atoms with van der Waals surface area (Å²) >= 11 is 0. The molecule has 0 unspecified atom stereocenters. The molecule has 0 N–H and O–H groups in total. The zero-order valence-electron chi connectivity index (χ0n) is 16.6. The van der Waals surface area contributed by atoms with Crippen LogP contribution in [0.4, 0.5) is 4.39 Å². The molecule has 30 heavy (non-hydrogen) atoms. The SMILES string of the molecule is N#Cc1ccc(CC(=O)N2CC23CCC(c2ccnc4ccc(F)cc24)CC3)cc1. The number of carbonyl (C=O) groups excluding carboxylic acids is 1. The van der Waals surface area contributed by atoms with Gasteiger partial charge in [-0.15, -0.1) is 0 Å². The Kier molecular flexibility index (Phi) is 4.51. The number of hydrogen-bond acceptors (Lipinski definition) is 3. The third-order valence-electron chi connectivity index (χ3n) is 6.75. The van der Waals surface area contributed by atoms with E-state index in [1.54, 1.807) is 24.3 Å². The summed E-state index contributed by atoms with van der Waals surface area (Å²) in [4.78, 5) is 19.2. The van der Waals surface area contributed by atoms with Crippen molar-refractivity contribution >= 4 is 16.8 Å². The molecule has 0 radical (unpaired) electrons. The molecule has 0 atom stereocenters. The van der Waals surface area contributed by atoms with Crippen molar-refractivity contribution in [2.45, 2.75) is 43.6 Å². The molecule has 2 aliphatic rings. The Morgan fingerprint density at radius 2 is 1.93 bits per heavy atom. The standard InChI is InChI=1S/C25H22FN3O/c26-20-5-6-23-22(14-20)21(9-12-28-23)19-7-10-25(11-8-19)16-29(25)24(30)13-17-1-3-18(15-27)4-2-17/h1-6,9,12,14,19H,7-8,10-11,13,16H2. The van der Waals surface area contributed by atoms with E-state index in [4.69, 9.17) is 5.26 Å². The molecule has 5 heteroatoms. The molecule has 1 spiro atoms. The topological polar surface area (TPSA) is 56.8 Å². The number of fused-ring (bicyclic) bond motifs is 1. The summed E-state index contributed by atoms with van der Waals surface area (Å²) < 4.78 is 13.8. The molecule has 3 aromatic rings. The van der Waals surface area contributed by atoms with Crippen LogP contribution in [0.3, 0.4) is 0 Å².